The normalized spacial score (nSPS) is 18.5. The second-order valence-electron chi connectivity index (χ2n) is 6.17. The van der Waals surface area contributed by atoms with Gasteiger partial charge in [-0.25, -0.2) is 8.42 Å². The molecule has 0 aromatic heterocycles. The number of amides is 1. The average Bonchev–Trinajstić information content (AvgIpc) is 2.93. The van der Waals surface area contributed by atoms with E-state index in [1.807, 2.05) is 18.2 Å². The summed E-state index contributed by atoms with van der Waals surface area (Å²) in [7, 11) is -3.11. The van der Waals surface area contributed by atoms with E-state index >= 15 is 0 Å². The fourth-order valence-corrected chi connectivity index (χ4v) is 5.27. The van der Waals surface area contributed by atoms with Crippen molar-refractivity contribution in [3.05, 3.63) is 58.6 Å². The molecular formula is C18H18Cl2N2O3S. The molecule has 0 spiro atoms. The number of benzene rings is 2. The van der Waals surface area contributed by atoms with Gasteiger partial charge >= 0.3 is 0 Å². The zero-order valence-corrected chi connectivity index (χ0v) is 16.2. The van der Waals surface area contributed by atoms with E-state index in [-0.39, 0.29) is 30.0 Å². The first-order valence-electron chi connectivity index (χ1n) is 8.11. The molecule has 26 heavy (non-hydrogen) atoms. The van der Waals surface area contributed by atoms with Crippen LogP contribution in [0.2, 0.25) is 10.0 Å². The number of halogens is 2. The molecule has 1 fully saturated rings. The van der Waals surface area contributed by atoms with Gasteiger partial charge in [-0.15, -0.1) is 0 Å². The number of anilines is 2. The molecule has 5 nitrogen and oxygen atoms in total. The summed E-state index contributed by atoms with van der Waals surface area (Å²) in [4.78, 5) is 14.5. The van der Waals surface area contributed by atoms with E-state index in [9.17, 15) is 13.2 Å². The smallest absolute Gasteiger partial charge is 0.246 e. The molecule has 0 bridgehead atoms. The highest BCUT2D eigenvalue weighted by atomic mass is 35.5. The van der Waals surface area contributed by atoms with Crippen molar-refractivity contribution in [2.45, 2.75) is 12.5 Å². The van der Waals surface area contributed by atoms with Crippen molar-refractivity contribution in [1.82, 2.24) is 0 Å². The lowest BCUT2D eigenvalue weighted by molar-refractivity contribution is -0.117. The minimum atomic E-state index is -3.11. The lowest BCUT2D eigenvalue weighted by atomic mass is 10.1. The third-order valence-corrected chi connectivity index (χ3v) is 6.37. The zero-order chi connectivity index (χ0) is 18.7. The first-order valence-corrected chi connectivity index (χ1v) is 10.7. The van der Waals surface area contributed by atoms with Crippen LogP contribution < -0.4 is 10.2 Å². The predicted molar refractivity (Wildman–Crippen MR) is 106 cm³/mol. The Morgan fingerprint density at radius 1 is 1.12 bits per heavy atom. The van der Waals surface area contributed by atoms with Crippen LogP contribution in [0.1, 0.15) is 6.42 Å². The Bertz CT molecular complexity index is 884. The molecule has 2 aromatic carbocycles. The van der Waals surface area contributed by atoms with Crippen LogP contribution in [0.4, 0.5) is 11.4 Å². The van der Waals surface area contributed by atoms with Crippen LogP contribution in [-0.2, 0) is 14.6 Å². The number of carbonyl (C=O) groups excluding carboxylic acids is 1. The van der Waals surface area contributed by atoms with E-state index in [1.165, 1.54) is 0 Å². The summed E-state index contributed by atoms with van der Waals surface area (Å²) in [6, 6.07) is 13.7. The third-order valence-electron chi connectivity index (χ3n) is 4.18. The summed E-state index contributed by atoms with van der Waals surface area (Å²) in [5, 5.41) is 3.94. The van der Waals surface area contributed by atoms with Gasteiger partial charge in [-0.05, 0) is 36.8 Å². The van der Waals surface area contributed by atoms with E-state index in [0.717, 1.165) is 0 Å². The van der Waals surface area contributed by atoms with Gasteiger partial charge < -0.3 is 10.2 Å². The zero-order valence-electron chi connectivity index (χ0n) is 13.9. The molecular weight excluding hydrogens is 395 g/mol. The van der Waals surface area contributed by atoms with Gasteiger partial charge in [0, 0.05) is 21.4 Å². The Balaban J connectivity index is 1.79. The number of nitrogens with one attached hydrogen (secondary N) is 1. The molecule has 1 atom stereocenters. The molecule has 1 amide bonds. The van der Waals surface area contributed by atoms with E-state index < -0.39 is 9.84 Å². The summed E-state index contributed by atoms with van der Waals surface area (Å²) in [6.45, 7) is 0.00210. The topological polar surface area (TPSA) is 66.5 Å². The monoisotopic (exact) mass is 412 g/mol. The van der Waals surface area contributed by atoms with Crippen LogP contribution in [0, 0.1) is 0 Å². The Labute approximate surface area is 162 Å². The minimum Gasteiger partial charge on any atom is -0.376 e. The van der Waals surface area contributed by atoms with Crippen LogP contribution in [0.25, 0.3) is 0 Å². The Hall–Kier alpha value is -1.76. The lowest BCUT2D eigenvalue weighted by Gasteiger charge is -2.28. The quantitative estimate of drug-likeness (QED) is 0.813. The minimum absolute atomic E-state index is 0.00210. The summed E-state index contributed by atoms with van der Waals surface area (Å²) in [5.74, 6) is -0.128. The predicted octanol–water partition coefficient (Wildman–Crippen LogP) is 3.63. The molecule has 1 aliphatic heterocycles. The molecule has 138 valence electrons. The Morgan fingerprint density at radius 2 is 1.77 bits per heavy atom. The van der Waals surface area contributed by atoms with Gasteiger partial charge in [0.25, 0.3) is 0 Å². The van der Waals surface area contributed by atoms with Crippen LogP contribution in [0.5, 0.6) is 0 Å². The number of hydrogen-bond acceptors (Lipinski definition) is 4. The van der Waals surface area contributed by atoms with Gasteiger partial charge in [0.1, 0.15) is 0 Å². The molecule has 1 heterocycles. The summed E-state index contributed by atoms with van der Waals surface area (Å²) in [5.41, 5.74) is 1.31. The van der Waals surface area contributed by atoms with Crippen molar-refractivity contribution in [2.75, 3.05) is 28.3 Å². The molecule has 8 heteroatoms. The van der Waals surface area contributed by atoms with E-state index in [0.29, 0.717) is 27.8 Å². The van der Waals surface area contributed by atoms with Gasteiger partial charge in [-0.3, -0.25) is 4.79 Å². The number of para-hydroxylation sites is 1. The highest BCUT2D eigenvalue weighted by Gasteiger charge is 2.35. The fourth-order valence-electron chi connectivity index (χ4n) is 3.04. The number of nitrogens with zero attached hydrogens (tertiary/aromatic N) is 1. The largest absolute Gasteiger partial charge is 0.376 e. The average molecular weight is 413 g/mol. The Kier molecular flexibility index (Phi) is 5.75. The second-order valence-corrected chi connectivity index (χ2v) is 9.27. The molecule has 0 saturated carbocycles. The summed E-state index contributed by atoms with van der Waals surface area (Å²) >= 11 is 11.9. The van der Waals surface area contributed by atoms with Gasteiger partial charge in [-0.1, -0.05) is 41.4 Å². The maximum atomic E-state index is 12.9. The molecule has 0 unspecified atom stereocenters. The number of carbonyl (C=O) groups is 1. The van der Waals surface area contributed by atoms with Gasteiger partial charge in [0.2, 0.25) is 5.91 Å². The lowest BCUT2D eigenvalue weighted by Crippen LogP contribution is -2.44. The molecule has 1 saturated heterocycles. The van der Waals surface area contributed by atoms with Crippen molar-refractivity contribution in [3.8, 4) is 0 Å². The maximum Gasteiger partial charge on any atom is 0.246 e. The number of hydrogen-bond donors (Lipinski definition) is 1. The molecule has 0 radical (unpaired) electrons. The van der Waals surface area contributed by atoms with Crippen molar-refractivity contribution in [1.29, 1.82) is 0 Å². The van der Waals surface area contributed by atoms with Crippen molar-refractivity contribution < 1.29 is 13.2 Å². The summed E-state index contributed by atoms with van der Waals surface area (Å²) < 4.78 is 23.7. The highest BCUT2D eigenvalue weighted by molar-refractivity contribution is 7.91. The van der Waals surface area contributed by atoms with Crippen LogP contribution in [-0.4, -0.2) is 38.4 Å². The van der Waals surface area contributed by atoms with Crippen molar-refractivity contribution >= 4 is 50.3 Å². The fraction of sp³-hybridized carbons (Fsp3) is 0.278. The molecule has 1 N–H and O–H groups in total. The van der Waals surface area contributed by atoms with Gasteiger partial charge in [-0.2, -0.15) is 0 Å². The van der Waals surface area contributed by atoms with Crippen LogP contribution >= 0.6 is 23.2 Å². The van der Waals surface area contributed by atoms with Gasteiger partial charge in [0.15, 0.2) is 9.84 Å². The Morgan fingerprint density at radius 3 is 2.35 bits per heavy atom. The standard InChI is InChI=1S/C18H18Cl2N2O3S/c19-13-8-14(20)10-15(9-13)21-11-18(23)22(16-4-2-1-3-5-16)17-6-7-26(24,25)12-17/h1-5,8-10,17,21H,6-7,11-12H2/t17-/m0/s1. The molecule has 3 rings (SSSR count). The third kappa shape index (κ3) is 4.69. The summed E-state index contributed by atoms with van der Waals surface area (Å²) in [6.07, 6.45) is 0.436. The second kappa shape index (κ2) is 7.86. The first-order chi connectivity index (χ1) is 12.3. The van der Waals surface area contributed by atoms with E-state index in [4.69, 9.17) is 23.2 Å². The highest BCUT2D eigenvalue weighted by Crippen LogP contribution is 2.25. The number of rotatable bonds is 5. The van der Waals surface area contributed by atoms with Crippen molar-refractivity contribution in [3.63, 3.8) is 0 Å². The molecule has 2 aromatic rings. The van der Waals surface area contributed by atoms with E-state index in [1.54, 1.807) is 35.2 Å². The van der Waals surface area contributed by atoms with E-state index in [2.05, 4.69) is 5.32 Å². The van der Waals surface area contributed by atoms with Crippen LogP contribution in [0.3, 0.4) is 0 Å². The maximum absolute atomic E-state index is 12.9. The molecule has 0 aliphatic carbocycles. The molecule has 1 aliphatic rings. The van der Waals surface area contributed by atoms with Crippen LogP contribution in [0.15, 0.2) is 48.5 Å². The SMILES string of the molecule is O=C(CNc1cc(Cl)cc(Cl)c1)N(c1ccccc1)[C@H]1CCS(=O)(=O)C1. The van der Waals surface area contributed by atoms with Gasteiger partial charge in [0.05, 0.1) is 24.1 Å². The first kappa shape index (κ1) is 19.0. The number of sulfone groups is 1. The van der Waals surface area contributed by atoms with Crippen molar-refractivity contribution in [2.24, 2.45) is 0 Å².